The molecule has 0 fully saturated rings. The van der Waals surface area contributed by atoms with Gasteiger partial charge in [0.05, 0.1) is 26.5 Å². The summed E-state index contributed by atoms with van der Waals surface area (Å²) < 4.78 is 15.4. The van der Waals surface area contributed by atoms with Gasteiger partial charge in [0.2, 0.25) is 5.90 Å². The summed E-state index contributed by atoms with van der Waals surface area (Å²) in [6.07, 6.45) is 1.73. The average Bonchev–Trinajstić information content (AvgIpc) is 2.87. The number of carboxylic acids is 1. The zero-order valence-electron chi connectivity index (χ0n) is 22.1. The Bertz CT molecular complexity index is 1140. The van der Waals surface area contributed by atoms with Crippen molar-refractivity contribution in [1.29, 1.82) is 0 Å². The number of rotatable bonds is 12. The second kappa shape index (κ2) is 13.6. The first kappa shape index (κ1) is 29.6. The van der Waals surface area contributed by atoms with E-state index in [-0.39, 0.29) is 11.6 Å². The minimum atomic E-state index is -0.965. The lowest BCUT2D eigenvalue weighted by Crippen LogP contribution is -2.26. The first-order valence-corrected chi connectivity index (χ1v) is 12.6. The van der Waals surface area contributed by atoms with Crippen LogP contribution in [0.3, 0.4) is 0 Å². The molecule has 0 aromatic heterocycles. The van der Waals surface area contributed by atoms with Crippen LogP contribution in [0.25, 0.3) is 0 Å². The number of carbonyl (C=O) groups excluding carboxylic acids is 1. The SMILES string of the molecule is CCCCOC(=Nc1ccc(SC(C)(C)C(=O)O)cc1)C(C)=C(N)C(=O)Nc1cc(OC)cc(OC)c1. The molecule has 0 bridgehead atoms. The number of aliphatic carboxylic acids is 1. The molecule has 0 heterocycles. The zero-order chi connectivity index (χ0) is 27.6. The van der Waals surface area contributed by atoms with E-state index in [1.165, 1.54) is 26.0 Å². The summed E-state index contributed by atoms with van der Waals surface area (Å²) in [5, 5.41) is 12.1. The molecular weight excluding hydrogens is 494 g/mol. The number of nitrogens with two attached hydrogens (primary N) is 1. The van der Waals surface area contributed by atoms with Crippen LogP contribution in [0.5, 0.6) is 11.5 Å². The molecule has 2 rings (SSSR count). The monoisotopic (exact) mass is 529 g/mol. The van der Waals surface area contributed by atoms with Crippen molar-refractivity contribution in [3.05, 3.63) is 53.7 Å². The highest BCUT2D eigenvalue weighted by Crippen LogP contribution is 2.33. The number of benzene rings is 2. The quantitative estimate of drug-likeness (QED) is 0.110. The van der Waals surface area contributed by atoms with Crippen molar-refractivity contribution in [2.75, 3.05) is 26.1 Å². The summed E-state index contributed by atoms with van der Waals surface area (Å²) >= 11 is 1.24. The molecule has 200 valence electrons. The van der Waals surface area contributed by atoms with Crippen LogP contribution in [0.1, 0.15) is 40.5 Å². The third kappa shape index (κ3) is 8.75. The Morgan fingerprint density at radius 2 is 1.68 bits per heavy atom. The number of aliphatic imine (C=N–C) groups is 1. The Morgan fingerprint density at radius 3 is 2.19 bits per heavy atom. The largest absolute Gasteiger partial charge is 0.497 e. The Kier molecular flexibility index (Phi) is 10.9. The van der Waals surface area contributed by atoms with Crippen molar-refractivity contribution in [1.82, 2.24) is 0 Å². The van der Waals surface area contributed by atoms with Crippen LogP contribution >= 0.6 is 11.8 Å². The minimum absolute atomic E-state index is 0.0487. The van der Waals surface area contributed by atoms with E-state index in [9.17, 15) is 14.7 Å². The first-order valence-electron chi connectivity index (χ1n) is 11.8. The summed E-state index contributed by atoms with van der Waals surface area (Å²) in [5.41, 5.74) is 7.59. The van der Waals surface area contributed by atoms with E-state index in [1.54, 1.807) is 63.2 Å². The Morgan fingerprint density at radius 1 is 1.08 bits per heavy atom. The van der Waals surface area contributed by atoms with E-state index in [1.807, 2.05) is 6.92 Å². The van der Waals surface area contributed by atoms with Gasteiger partial charge in [-0.15, -0.1) is 11.8 Å². The van der Waals surface area contributed by atoms with Gasteiger partial charge in [-0.05, 0) is 51.5 Å². The van der Waals surface area contributed by atoms with Crippen LogP contribution in [0.4, 0.5) is 11.4 Å². The zero-order valence-corrected chi connectivity index (χ0v) is 22.9. The Labute approximate surface area is 222 Å². The molecule has 37 heavy (non-hydrogen) atoms. The summed E-state index contributed by atoms with van der Waals surface area (Å²) in [4.78, 5) is 29.7. The van der Waals surface area contributed by atoms with E-state index in [0.717, 1.165) is 17.7 Å². The molecule has 0 saturated carbocycles. The lowest BCUT2D eigenvalue weighted by molar-refractivity contribution is -0.138. The summed E-state index contributed by atoms with van der Waals surface area (Å²) in [6.45, 7) is 7.42. The maximum absolute atomic E-state index is 12.9. The van der Waals surface area contributed by atoms with Crippen molar-refractivity contribution < 1.29 is 28.9 Å². The fourth-order valence-corrected chi connectivity index (χ4v) is 3.89. The average molecular weight is 530 g/mol. The van der Waals surface area contributed by atoms with E-state index >= 15 is 0 Å². The van der Waals surface area contributed by atoms with Crippen molar-refractivity contribution in [2.45, 2.75) is 50.2 Å². The first-order chi connectivity index (χ1) is 17.5. The number of anilines is 1. The number of thioether (sulfide) groups is 1. The molecule has 0 spiro atoms. The number of hydrogen-bond donors (Lipinski definition) is 3. The van der Waals surface area contributed by atoms with Gasteiger partial charge in [-0.3, -0.25) is 9.59 Å². The Hall–Kier alpha value is -3.66. The van der Waals surface area contributed by atoms with Crippen molar-refractivity contribution >= 4 is 40.9 Å². The molecule has 2 aromatic rings. The molecular formula is C27H35N3O6S. The van der Waals surface area contributed by atoms with Gasteiger partial charge >= 0.3 is 5.97 Å². The van der Waals surface area contributed by atoms with Gasteiger partial charge in [0.15, 0.2) is 0 Å². The highest BCUT2D eigenvalue weighted by Gasteiger charge is 2.28. The standard InChI is InChI=1S/C27H35N3O6S/c1-7-8-13-36-25(30-18-9-11-22(12-10-18)37-27(3,4)26(32)33)17(2)23(28)24(31)29-19-14-20(34-5)16-21(15-19)35-6/h9-12,14-16H,7-8,13,28H2,1-6H3,(H,29,31)(H,32,33). The van der Waals surface area contributed by atoms with Crippen molar-refractivity contribution in [2.24, 2.45) is 10.7 Å². The molecule has 0 radical (unpaired) electrons. The second-order valence-corrected chi connectivity index (χ2v) is 10.3. The van der Waals surface area contributed by atoms with Crippen LogP contribution in [-0.2, 0) is 14.3 Å². The highest BCUT2D eigenvalue weighted by molar-refractivity contribution is 8.01. The predicted molar refractivity (Wildman–Crippen MR) is 147 cm³/mol. The van der Waals surface area contributed by atoms with Gasteiger partial charge < -0.3 is 30.4 Å². The fourth-order valence-electron chi connectivity index (χ4n) is 2.95. The molecule has 4 N–H and O–H groups in total. The van der Waals surface area contributed by atoms with E-state index in [0.29, 0.717) is 35.1 Å². The number of amides is 1. The third-order valence-electron chi connectivity index (χ3n) is 5.27. The highest BCUT2D eigenvalue weighted by atomic mass is 32.2. The lowest BCUT2D eigenvalue weighted by atomic mass is 10.2. The number of nitrogens with one attached hydrogen (secondary N) is 1. The van der Waals surface area contributed by atoms with Crippen LogP contribution in [-0.4, -0.2) is 48.5 Å². The summed E-state index contributed by atoms with van der Waals surface area (Å²) in [5.74, 6) is -0.147. The molecule has 10 heteroatoms. The maximum Gasteiger partial charge on any atom is 0.319 e. The molecule has 1 amide bonds. The molecule has 0 saturated heterocycles. The van der Waals surface area contributed by atoms with Crippen LogP contribution in [0.15, 0.2) is 63.6 Å². The van der Waals surface area contributed by atoms with Gasteiger partial charge in [0, 0.05) is 34.4 Å². The van der Waals surface area contributed by atoms with E-state index in [2.05, 4.69) is 10.3 Å². The number of hydrogen-bond acceptors (Lipinski definition) is 8. The van der Waals surface area contributed by atoms with Gasteiger partial charge in [-0.1, -0.05) is 13.3 Å². The summed E-state index contributed by atoms with van der Waals surface area (Å²) in [6, 6.07) is 12.1. The van der Waals surface area contributed by atoms with Gasteiger partial charge in [0.1, 0.15) is 21.9 Å². The maximum atomic E-state index is 12.9. The molecule has 9 nitrogen and oxygen atoms in total. The normalized spacial score (nSPS) is 12.4. The molecule has 2 aromatic carbocycles. The topological polar surface area (TPSA) is 132 Å². The summed E-state index contributed by atoms with van der Waals surface area (Å²) in [7, 11) is 3.04. The molecule has 0 aliphatic carbocycles. The molecule has 0 atom stereocenters. The van der Waals surface area contributed by atoms with Gasteiger partial charge in [0.25, 0.3) is 5.91 Å². The van der Waals surface area contributed by atoms with Gasteiger partial charge in [-0.25, -0.2) is 4.99 Å². The number of carbonyl (C=O) groups is 2. The molecule has 0 aliphatic rings. The van der Waals surface area contributed by atoms with E-state index in [4.69, 9.17) is 19.9 Å². The smallest absolute Gasteiger partial charge is 0.319 e. The third-order valence-corrected chi connectivity index (χ3v) is 6.46. The predicted octanol–water partition coefficient (Wildman–Crippen LogP) is 5.38. The minimum Gasteiger partial charge on any atom is -0.497 e. The number of unbranched alkanes of at least 4 members (excludes halogenated alkanes) is 1. The van der Waals surface area contributed by atoms with E-state index < -0.39 is 16.6 Å². The number of carboxylic acid groups (broad SMARTS) is 1. The molecule has 0 aliphatic heterocycles. The fraction of sp³-hybridized carbons (Fsp3) is 0.370. The van der Waals surface area contributed by atoms with Crippen LogP contribution < -0.4 is 20.5 Å². The number of ether oxygens (including phenoxy) is 3. The number of nitrogens with zero attached hydrogens (tertiary/aromatic N) is 1. The van der Waals surface area contributed by atoms with Crippen molar-refractivity contribution in [3.8, 4) is 11.5 Å². The van der Waals surface area contributed by atoms with Crippen molar-refractivity contribution in [3.63, 3.8) is 0 Å². The van der Waals surface area contributed by atoms with Gasteiger partial charge in [-0.2, -0.15) is 0 Å². The van der Waals surface area contributed by atoms with Crippen LogP contribution in [0, 0.1) is 0 Å². The lowest BCUT2D eigenvalue weighted by Gasteiger charge is -2.18. The van der Waals surface area contributed by atoms with Crippen LogP contribution in [0.2, 0.25) is 0 Å². The second-order valence-electron chi connectivity index (χ2n) is 8.62. The Balaban J connectivity index is 2.32. The molecule has 0 unspecified atom stereocenters. The number of methoxy groups -OCH3 is 2.